The number of aliphatic hydroxyl groups excluding tert-OH is 2. The summed E-state index contributed by atoms with van der Waals surface area (Å²) in [6.07, 6.45) is 87.0. The Bertz CT molecular complexity index is 1380. The lowest BCUT2D eigenvalue weighted by Gasteiger charge is -2.19. The second-order valence-electron chi connectivity index (χ2n) is 17.2. The third-order valence-electron chi connectivity index (χ3n) is 11.0. The minimum Gasteiger partial charge on any atom is -0.394 e. The molecule has 0 spiro atoms. The Morgan fingerprint density at radius 3 is 1.08 bits per heavy atom. The summed E-state index contributed by atoms with van der Waals surface area (Å²) in [5, 5.41) is 23.1. The van der Waals surface area contributed by atoms with E-state index in [0.29, 0.717) is 6.42 Å². The van der Waals surface area contributed by atoms with Crippen molar-refractivity contribution in [3.05, 3.63) is 146 Å². The average molecular weight is 894 g/mol. The molecule has 2 atom stereocenters. The van der Waals surface area contributed by atoms with Crippen molar-refractivity contribution in [2.75, 3.05) is 6.61 Å². The minimum atomic E-state index is -0.897. The van der Waals surface area contributed by atoms with E-state index in [1.54, 1.807) is 6.08 Å². The molecule has 0 radical (unpaired) electrons. The third kappa shape index (κ3) is 51.1. The molecular formula is C61H99NO3. The first-order valence-electron chi connectivity index (χ1n) is 26.5. The van der Waals surface area contributed by atoms with E-state index in [4.69, 9.17) is 0 Å². The van der Waals surface area contributed by atoms with Crippen LogP contribution in [0.2, 0.25) is 0 Å². The van der Waals surface area contributed by atoms with Crippen LogP contribution in [0.3, 0.4) is 0 Å². The Morgan fingerprint density at radius 1 is 0.385 bits per heavy atom. The molecule has 1 amide bonds. The lowest BCUT2D eigenvalue weighted by atomic mass is 10.0. The predicted molar refractivity (Wildman–Crippen MR) is 289 cm³/mol. The van der Waals surface area contributed by atoms with Crippen molar-refractivity contribution < 1.29 is 15.0 Å². The maximum absolute atomic E-state index is 12.4. The van der Waals surface area contributed by atoms with Crippen LogP contribution in [-0.4, -0.2) is 34.9 Å². The SMILES string of the molecule is CC/C=C\C/C=C\C/C=C\C/C=C\C/C=C\C/C=C\C/C=C\C/C=C\C/C=C\CCCCCC(=O)NC(CO)C(O)/C=C/CC/C=C/CC/C=C/CCCCCCCCCCCCCC. The van der Waals surface area contributed by atoms with Crippen LogP contribution < -0.4 is 5.32 Å². The highest BCUT2D eigenvalue weighted by Gasteiger charge is 2.17. The van der Waals surface area contributed by atoms with Gasteiger partial charge >= 0.3 is 0 Å². The highest BCUT2D eigenvalue weighted by molar-refractivity contribution is 5.76. The second kappa shape index (κ2) is 54.6. The summed E-state index contributed by atoms with van der Waals surface area (Å²) in [6.45, 7) is 4.16. The maximum atomic E-state index is 12.4. The largest absolute Gasteiger partial charge is 0.394 e. The van der Waals surface area contributed by atoms with Gasteiger partial charge < -0.3 is 15.5 Å². The van der Waals surface area contributed by atoms with Crippen molar-refractivity contribution in [1.82, 2.24) is 5.32 Å². The fraction of sp³-hybridized carbons (Fsp3) is 0.590. The zero-order valence-electron chi connectivity index (χ0n) is 41.9. The quantitative estimate of drug-likeness (QED) is 0.0421. The average Bonchev–Trinajstić information content (AvgIpc) is 3.31. The summed E-state index contributed by atoms with van der Waals surface area (Å²) in [4.78, 5) is 12.4. The van der Waals surface area contributed by atoms with Gasteiger partial charge in [0.1, 0.15) is 0 Å². The van der Waals surface area contributed by atoms with Gasteiger partial charge in [0, 0.05) is 6.42 Å². The number of carbonyl (C=O) groups excluding carboxylic acids is 1. The molecule has 0 aromatic heterocycles. The predicted octanol–water partition coefficient (Wildman–Crippen LogP) is 17.6. The number of unbranched alkanes of at least 4 members (excludes halogenated alkanes) is 17. The summed E-state index contributed by atoms with van der Waals surface area (Å²) in [5.41, 5.74) is 0. The molecule has 0 bridgehead atoms. The molecule has 0 aliphatic heterocycles. The van der Waals surface area contributed by atoms with Crippen LogP contribution in [0.1, 0.15) is 213 Å². The number of nitrogens with one attached hydrogen (secondary N) is 1. The fourth-order valence-corrected chi connectivity index (χ4v) is 7.02. The van der Waals surface area contributed by atoms with Crippen LogP contribution in [-0.2, 0) is 4.79 Å². The van der Waals surface area contributed by atoms with Crippen LogP contribution in [0.4, 0.5) is 0 Å². The molecule has 0 saturated heterocycles. The van der Waals surface area contributed by atoms with E-state index < -0.39 is 12.1 Å². The van der Waals surface area contributed by atoms with Gasteiger partial charge in [-0.3, -0.25) is 4.79 Å². The van der Waals surface area contributed by atoms with Crippen molar-refractivity contribution in [1.29, 1.82) is 0 Å². The van der Waals surface area contributed by atoms with Gasteiger partial charge in [0.25, 0.3) is 0 Å². The zero-order valence-corrected chi connectivity index (χ0v) is 41.9. The van der Waals surface area contributed by atoms with Gasteiger partial charge in [0.05, 0.1) is 18.8 Å². The second-order valence-corrected chi connectivity index (χ2v) is 17.2. The number of hydrogen-bond acceptors (Lipinski definition) is 3. The number of carbonyl (C=O) groups is 1. The molecule has 4 heteroatoms. The number of amides is 1. The van der Waals surface area contributed by atoms with Crippen molar-refractivity contribution in [2.45, 2.75) is 225 Å². The summed E-state index contributed by atoms with van der Waals surface area (Å²) < 4.78 is 0. The van der Waals surface area contributed by atoms with Gasteiger partial charge in [-0.2, -0.15) is 0 Å². The number of rotatable bonds is 46. The summed E-state index contributed by atoms with van der Waals surface area (Å²) in [7, 11) is 0. The van der Waals surface area contributed by atoms with Crippen molar-refractivity contribution in [2.24, 2.45) is 0 Å². The molecule has 4 nitrogen and oxygen atoms in total. The molecule has 2 unspecified atom stereocenters. The first kappa shape index (κ1) is 61.3. The molecule has 0 aromatic rings. The van der Waals surface area contributed by atoms with Gasteiger partial charge in [-0.1, -0.05) is 237 Å². The van der Waals surface area contributed by atoms with Gasteiger partial charge in [-0.25, -0.2) is 0 Å². The summed E-state index contributed by atoms with van der Waals surface area (Å²) in [5.74, 6) is -0.116. The Kier molecular flexibility index (Phi) is 51.5. The van der Waals surface area contributed by atoms with Crippen molar-refractivity contribution in [3.63, 3.8) is 0 Å². The highest BCUT2D eigenvalue weighted by Crippen LogP contribution is 2.13. The lowest BCUT2D eigenvalue weighted by Crippen LogP contribution is -2.45. The van der Waals surface area contributed by atoms with Gasteiger partial charge in [-0.05, 0) is 116 Å². The Balaban J connectivity index is 3.76. The van der Waals surface area contributed by atoms with E-state index >= 15 is 0 Å². The van der Waals surface area contributed by atoms with Gasteiger partial charge in [-0.15, -0.1) is 0 Å². The molecule has 0 fully saturated rings. The molecule has 0 heterocycles. The molecule has 0 rings (SSSR count). The number of hydrogen-bond donors (Lipinski definition) is 3. The normalized spacial score (nSPS) is 14.1. The summed E-state index contributed by atoms with van der Waals surface area (Å²) in [6, 6.07) is -0.676. The number of allylic oxidation sites excluding steroid dienone is 23. The van der Waals surface area contributed by atoms with Crippen molar-refractivity contribution in [3.8, 4) is 0 Å². The Hall–Kier alpha value is -3.73. The highest BCUT2D eigenvalue weighted by atomic mass is 16.3. The minimum absolute atomic E-state index is 0.116. The van der Waals surface area contributed by atoms with E-state index in [-0.39, 0.29) is 12.5 Å². The standard InChI is InChI=1S/C61H99NO3/c1-3-5-7-9-11-13-15-17-19-21-23-25-27-28-29-30-31-32-33-34-35-37-39-41-43-45-47-49-51-53-55-57-61(65)62-59(58-63)60(64)56-54-52-50-48-46-44-42-40-38-36-26-24-22-20-18-16-14-12-10-8-6-4-2/h5,7,11,13,17,19,23,25,28-29,31-32,34-35,38-41,45-48,54,56,59-60,63-64H,3-4,6,8-10,12,14-16,18,20-22,24,26-27,30,33,36-37,42-44,49-53,55,57-58H2,1-2H3,(H,62,65)/b7-5-,13-11-,19-17-,25-23-,29-28-,32-31-,35-34-,40-38+,41-39-,47-45-,48-46+,56-54+. The van der Waals surface area contributed by atoms with Crippen LogP contribution in [0, 0.1) is 0 Å². The number of aliphatic hydroxyl groups is 2. The lowest BCUT2D eigenvalue weighted by molar-refractivity contribution is -0.123. The first-order valence-corrected chi connectivity index (χ1v) is 26.5. The summed E-state index contributed by atoms with van der Waals surface area (Å²) >= 11 is 0. The molecule has 3 N–H and O–H groups in total. The van der Waals surface area contributed by atoms with Crippen LogP contribution in [0.15, 0.2) is 146 Å². The van der Waals surface area contributed by atoms with E-state index in [2.05, 4.69) is 153 Å². The molecule has 0 aliphatic carbocycles. The maximum Gasteiger partial charge on any atom is 0.220 e. The van der Waals surface area contributed by atoms with Crippen LogP contribution in [0.5, 0.6) is 0 Å². The van der Waals surface area contributed by atoms with E-state index in [9.17, 15) is 15.0 Å². The van der Waals surface area contributed by atoms with Crippen molar-refractivity contribution >= 4 is 5.91 Å². The van der Waals surface area contributed by atoms with E-state index in [1.807, 2.05) is 6.08 Å². The molecular weight excluding hydrogens is 795 g/mol. The zero-order chi connectivity index (χ0) is 47.0. The molecule has 0 aliphatic rings. The van der Waals surface area contributed by atoms with Gasteiger partial charge in [0.15, 0.2) is 0 Å². The smallest absolute Gasteiger partial charge is 0.220 e. The monoisotopic (exact) mass is 894 g/mol. The molecule has 0 aromatic carbocycles. The van der Waals surface area contributed by atoms with E-state index in [0.717, 1.165) is 109 Å². The first-order chi connectivity index (χ1) is 32.2. The third-order valence-corrected chi connectivity index (χ3v) is 11.0. The van der Waals surface area contributed by atoms with Crippen LogP contribution >= 0.6 is 0 Å². The fourth-order valence-electron chi connectivity index (χ4n) is 7.02. The van der Waals surface area contributed by atoms with E-state index in [1.165, 1.54) is 83.5 Å². The van der Waals surface area contributed by atoms with Gasteiger partial charge in [0.2, 0.25) is 5.91 Å². The molecule has 65 heavy (non-hydrogen) atoms. The Morgan fingerprint density at radius 2 is 0.692 bits per heavy atom. The Labute approximate surface area is 402 Å². The molecule has 366 valence electrons. The molecule has 0 saturated carbocycles. The topological polar surface area (TPSA) is 69.6 Å². The van der Waals surface area contributed by atoms with Crippen LogP contribution in [0.25, 0.3) is 0 Å².